The number of rotatable bonds is 6. The van der Waals surface area contributed by atoms with Crippen molar-refractivity contribution in [3.63, 3.8) is 0 Å². The van der Waals surface area contributed by atoms with E-state index in [1.807, 2.05) is 20.8 Å². The molecular formula is C16H23N3O2S. The summed E-state index contributed by atoms with van der Waals surface area (Å²) >= 11 is -1.31. The van der Waals surface area contributed by atoms with Crippen LogP contribution in [0, 0.1) is 5.92 Å². The Hall–Kier alpha value is -1.40. The fourth-order valence-electron chi connectivity index (χ4n) is 1.94. The molecule has 2 rings (SSSR count). The van der Waals surface area contributed by atoms with Crippen LogP contribution >= 0.6 is 0 Å². The van der Waals surface area contributed by atoms with Crippen molar-refractivity contribution in [1.29, 1.82) is 0 Å². The smallest absolute Gasteiger partial charge is 0.267 e. The SMILES string of the molecule is CC(C)(C)[S+]([O-])N=C(CCC1CC1)c1ccc(C(N)=O)nc1. The van der Waals surface area contributed by atoms with E-state index in [0.717, 1.165) is 30.0 Å². The van der Waals surface area contributed by atoms with Gasteiger partial charge in [0.2, 0.25) is 0 Å². The number of aromatic nitrogens is 1. The summed E-state index contributed by atoms with van der Waals surface area (Å²) in [4.78, 5) is 15.2. The van der Waals surface area contributed by atoms with Gasteiger partial charge in [-0.1, -0.05) is 17.2 Å². The largest absolute Gasteiger partial charge is 0.591 e. The molecule has 1 atom stereocenters. The molecule has 1 aliphatic carbocycles. The number of carbonyl (C=O) groups excluding carboxylic acids is 1. The summed E-state index contributed by atoms with van der Waals surface area (Å²) in [6.07, 6.45) is 5.97. The van der Waals surface area contributed by atoms with Crippen LogP contribution in [-0.2, 0) is 11.4 Å². The first-order valence-corrected chi connectivity index (χ1v) is 8.64. The Bertz CT molecular complexity index is 560. The number of hydrogen-bond acceptors (Lipinski definition) is 4. The Labute approximate surface area is 134 Å². The van der Waals surface area contributed by atoms with Crippen LogP contribution in [0.25, 0.3) is 0 Å². The number of pyridine rings is 1. The minimum absolute atomic E-state index is 0.224. The molecule has 6 heteroatoms. The molecule has 5 nitrogen and oxygen atoms in total. The highest BCUT2D eigenvalue weighted by Crippen LogP contribution is 2.34. The fraction of sp³-hybridized carbons (Fsp3) is 0.562. The molecule has 0 saturated heterocycles. The van der Waals surface area contributed by atoms with E-state index in [2.05, 4.69) is 9.38 Å². The van der Waals surface area contributed by atoms with Gasteiger partial charge in [0.25, 0.3) is 5.91 Å². The number of nitrogens with two attached hydrogens (primary N) is 1. The Balaban J connectivity index is 2.22. The highest BCUT2D eigenvalue weighted by molar-refractivity contribution is 7.91. The summed E-state index contributed by atoms with van der Waals surface area (Å²) in [5, 5.41) is 0. The maximum Gasteiger partial charge on any atom is 0.267 e. The van der Waals surface area contributed by atoms with E-state index in [1.165, 1.54) is 12.8 Å². The van der Waals surface area contributed by atoms with Crippen molar-refractivity contribution < 1.29 is 9.35 Å². The minimum Gasteiger partial charge on any atom is -0.591 e. The average molecular weight is 321 g/mol. The monoisotopic (exact) mass is 321 g/mol. The molecule has 1 heterocycles. The van der Waals surface area contributed by atoms with E-state index < -0.39 is 22.0 Å². The molecule has 2 N–H and O–H groups in total. The average Bonchev–Trinajstić information content (AvgIpc) is 3.26. The van der Waals surface area contributed by atoms with Crippen LogP contribution in [0.15, 0.2) is 22.7 Å². The van der Waals surface area contributed by atoms with Gasteiger partial charge >= 0.3 is 0 Å². The van der Waals surface area contributed by atoms with E-state index in [9.17, 15) is 9.35 Å². The number of nitrogens with zero attached hydrogens (tertiary/aromatic N) is 2. The number of hydrogen-bond donors (Lipinski definition) is 1. The van der Waals surface area contributed by atoms with E-state index in [0.29, 0.717) is 0 Å². The lowest BCUT2D eigenvalue weighted by molar-refractivity contribution is 0.0995. The van der Waals surface area contributed by atoms with Crippen molar-refractivity contribution in [1.82, 2.24) is 4.98 Å². The summed E-state index contributed by atoms with van der Waals surface area (Å²) in [6, 6.07) is 3.36. The van der Waals surface area contributed by atoms with Crippen molar-refractivity contribution >= 4 is 23.0 Å². The first-order chi connectivity index (χ1) is 10.3. The Morgan fingerprint density at radius 2 is 2.14 bits per heavy atom. The van der Waals surface area contributed by atoms with E-state index in [4.69, 9.17) is 5.73 Å². The Kier molecular flexibility index (Phi) is 5.24. The summed E-state index contributed by atoms with van der Waals surface area (Å²) in [6.45, 7) is 5.71. The molecule has 0 radical (unpaired) electrons. The number of primary amides is 1. The van der Waals surface area contributed by atoms with Gasteiger partial charge in [0.05, 0.1) is 0 Å². The van der Waals surface area contributed by atoms with Gasteiger partial charge in [-0.15, -0.1) is 0 Å². The first kappa shape index (κ1) is 17.0. The zero-order valence-electron chi connectivity index (χ0n) is 13.3. The molecule has 0 aliphatic heterocycles. The second-order valence-corrected chi connectivity index (χ2v) is 8.58. The van der Waals surface area contributed by atoms with Gasteiger partial charge in [-0.25, -0.2) is 0 Å². The van der Waals surface area contributed by atoms with E-state index in [-0.39, 0.29) is 5.69 Å². The molecule has 0 aromatic carbocycles. The lowest BCUT2D eigenvalue weighted by Crippen LogP contribution is -2.27. The van der Waals surface area contributed by atoms with Crippen LogP contribution in [0.4, 0.5) is 0 Å². The molecule has 1 aromatic heterocycles. The fourth-order valence-corrected chi connectivity index (χ4v) is 2.61. The molecule has 1 amide bonds. The predicted octanol–water partition coefficient (Wildman–Crippen LogP) is 2.62. The normalized spacial score (nSPS) is 17.4. The molecule has 1 aliphatic rings. The number of amides is 1. The van der Waals surface area contributed by atoms with Crippen LogP contribution in [0.2, 0.25) is 0 Å². The maximum atomic E-state index is 12.3. The summed E-state index contributed by atoms with van der Waals surface area (Å²) in [5.41, 5.74) is 7.03. The summed E-state index contributed by atoms with van der Waals surface area (Å²) in [5.74, 6) is 0.215. The third-order valence-electron chi connectivity index (χ3n) is 3.55. The molecule has 0 spiro atoms. The van der Waals surface area contributed by atoms with Gasteiger partial charge < -0.3 is 10.3 Å². The topological polar surface area (TPSA) is 91.4 Å². The van der Waals surface area contributed by atoms with Gasteiger partial charge in [0.1, 0.15) is 27.5 Å². The molecule has 0 bridgehead atoms. The highest BCUT2D eigenvalue weighted by Gasteiger charge is 2.28. The lowest BCUT2D eigenvalue weighted by atomic mass is 10.1. The van der Waals surface area contributed by atoms with Gasteiger partial charge in [-0.05, 0) is 51.7 Å². The summed E-state index contributed by atoms with van der Waals surface area (Å²) < 4.78 is 16.3. The zero-order valence-corrected chi connectivity index (χ0v) is 14.2. The van der Waals surface area contributed by atoms with Gasteiger partial charge in [0.15, 0.2) is 0 Å². The van der Waals surface area contributed by atoms with Gasteiger partial charge in [-0.3, -0.25) is 9.78 Å². The third-order valence-corrected chi connectivity index (χ3v) is 4.99. The van der Waals surface area contributed by atoms with Crippen molar-refractivity contribution in [3.05, 3.63) is 29.6 Å². The first-order valence-electron chi connectivity index (χ1n) is 7.53. The molecule has 22 heavy (non-hydrogen) atoms. The van der Waals surface area contributed by atoms with Crippen molar-refractivity contribution in [2.24, 2.45) is 16.0 Å². The molecule has 1 aromatic rings. The van der Waals surface area contributed by atoms with Crippen LogP contribution in [0.1, 0.15) is 62.5 Å². The molecule has 1 unspecified atom stereocenters. The van der Waals surface area contributed by atoms with Crippen molar-refractivity contribution in [2.75, 3.05) is 0 Å². The molecule has 1 saturated carbocycles. The molecular weight excluding hydrogens is 298 g/mol. The van der Waals surface area contributed by atoms with Crippen LogP contribution in [0.3, 0.4) is 0 Å². The second-order valence-electron chi connectivity index (χ2n) is 6.68. The third kappa shape index (κ3) is 4.81. The summed E-state index contributed by atoms with van der Waals surface area (Å²) in [7, 11) is 0. The second kappa shape index (κ2) is 6.79. The number of carbonyl (C=O) groups is 1. The van der Waals surface area contributed by atoms with E-state index >= 15 is 0 Å². The van der Waals surface area contributed by atoms with Crippen molar-refractivity contribution in [3.8, 4) is 0 Å². The Morgan fingerprint density at radius 3 is 2.59 bits per heavy atom. The van der Waals surface area contributed by atoms with Crippen LogP contribution in [-0.4, -0.2) is 25.9 Å². The van der Waals surface area contributed by atoms with Crippen LogP contribution < -0.4 is 5.73 Å². The lowest BCUT2D eigenvalue weighted by Gasteiger charge is -2.19. The van der Waals surface area contributed by atoms with Gasteiger partial charge in [-0.2, -0.15) is 0 Å². The maximum absolute atomic E-state index is 12.3. The van der Waals surface area contributed by atoms with E-state index in [1.54, 1.807) is 18.3 Å². The molecule has 120 valence electrons. The van der Waals surface area contributed by atoms with Gasteiger partial charge in [0, 0.05) is 11.8 Å². The Morgan fingerprint density at radius 1 is 1.45 bits per heavy atom. The van der Waals surface area contributed by atoms with Crippen LogP contribution in [0.5, 0.6) is 0 Å². The standard InChI is InChI=1S/C16H23N3O2S/c1-16(2,3)22(21)19-13(8-6-11-4-5-11)12-7-9-14(15(17)20)18-10-12/h7,9-11H,4-6,8H2,1-3H3,(H2,17,20). The zero-order chi connectivity index (χ0) is 16.3. The quantitative estimate of drug-likeness (QED) is 0.645. The highest BCUT2D eigenvalue weighted by atomic mass is 32.2. The predicted molar refractivity (Wildman–Crippen MR) is 89.1 cm³/mol. The minimum atomic E-state index is -1.31. The van der Waals surface area contributed by atoms with Crippen molar-refractivity contribution in [2.45, 2.75) is 51.2 Å². The molecule has 1 fully saturated rings.